The number of benzene rings is 2. The predicted molar refractivity (Wildman–Crippen MR) is 96.1 cm³/mol. The van der Waals surface area contributed by atoms with Gasteiger partial charge in [-0.3, -0.25) is 14.9 Å². The zero-order valence-corrected chi connectivity index (χ0v) is 14.6. The summed E-state index contributed by atoms with van der Waals surface area (Å²) in [5.74, 6) is -0.187. The van der Waals surface area contributed by atoms with E-state index in [0.29, 0.717) is 24.2 Å². The SMILES string of the molecule is Cc1c(NCC(=O)NCCc2ccc(OC(F)F)cc2)cccc1[N+](=O)[O-]. The van der Waals surface area contributed by atoms with E-state index in [1.54, 1.807) is 31.2 Å². The number of amides is 1. The molecule has 27 heavy (non-hydrogen) atoms. The van der Waals surface area contributed by atoms with Crippen molar-refractivity contribution in [2.75, 3.05) is 18.4 Å². The minimum atomic E-state index is -2.86. The van der Waals surface area contributed by atoms with Crippen molar-refractivity contribution in [1.29, 1.82) is 0 Å². The van der Waals surface area contributed by atoms with Crippen molar-refractivity contribution >= 4 is 17.3 Å². The number of halogens is 2. The van der Waals surface area contributed by atoms with Crippen LogP contribution in [-0.4, -0.2) is 30.5 Å². The predicted octanol–water partition coefficient (Wildman–Crippen LogP) is 3.28. The van der Waals surface area contributed by atoms with Crippen LogP contribution in [0.3, 0.4) is 0 Å². The standard InChI is InChI=1S/C18H19F2N3O4/c1-12-15(3-2-4-16(12)23(25)26)22-11-17(24)21-10-9-13-5-7-14(8-6-13)27-18(19)20/h2-8,18,22H,9-11H2,1H3,(H,21,24). The molecule has 0 bridgehead atoms. The first kappa shape index (κ1) is 20.1. The van der Waals surface area contributed by atoms with Crippen LogP contribution in [0.1, 0.15) is 11.1 Å². The molecule has 144 valence electrons. The number of nitro groups is 1. The molecular weight excluding hydrogens is 360 g/mol. The van der Waals surface area contributed by atoms with Crippen molar-refractivity contribution in [3.63, 3.8) is 0 Å². The van der Waals surface area contributed by atoms with Gasteiger partial charge in [-0.15, -0.1) is 0 Å². The summed E-state index contributed by atoms with van der Waals surface area (Å²) in [5.41, 5.74) is 1.83. The molecule has 2 aromatic rings. The monoisotopic (exact) mass is 379 g/mol. The first-order valence-corrected chi connectivity index (χ1v) is 8.15. The van der Waals surface area contributed by atoms with E-state index in [4.69, 9.17) is 0 Å². The van der Waals surface area contributed by atoms with Gasteiger partial charge in [-0.25, -0.2) is 0 Å². The van der Waals surface area contributed by atoms with E-state index < -0.39 is 11.5 Å². The third-order valence-corrected chi connectivity index (χ3v) is 3.83. The molecule has 9 heteroatoms. The van der Waals surface area contributed by atoms with Crippen LogP contribution in [0.5, 0.6) is 5.75 Å². The summed E-state index contributed by atoms with van der Waals surface area (Å²) in [6.07, 6.45) is 0.524. The summed E-state index contributed by atoms with van der Waals surface area (Å²) in [4.78, 5) is 22.3. The van der Waals surface area contributed by atoms with Gasteiger partial charge in [0.15, 0.2) is 0 Å². The smallest absolute Gasteiger partial charge is 0.387 e. The average Bonchev–Trinajstić information content (AvgIpc) is 2.61. The molecule has 0 fully saturated rings. The van der Waals surface area contributed by atoms with E-state index in [-0.39, 0.29) is 23.9 Å². The van der Waals surface area contributed by atoms with E-state index in [2.05, 4.69) is 15.4 Å². The highest BCUT2D eigenvalue weighted by Gasteiger charge is 2.13. The third kappa shape index (κ3) is 6.21. The van der Waals surface area contributed by atoms with Crippen molar-refractivity contribution in [2.45, 2.75) is 20.0 Å². The number of carbonyl (C=O) groups excluding carboxylic acids is 1. The molecule has 0 radical (unpaired) electrons. The van der Waals surface area contributed by atoms with Gasteiger partial charge >= 0.3 is 6.61 Å². The number of alkyl halides is 2. The normalized spacial score (nSPS) is 10.5. The Hall–Kier alpha value is -3.23. The number of nitrogens with one attached hydrogen (secondary N) is 2. The molecule has 1 amide bonds. The second-order valence-corrected chi connectivity index (χ2v) is 5.68. The van der Waals surface area contributed by atoms with Gasteiger partial charge in [0.25, 0.3) is 5.69 Å². The second-order valence-electron chi connectivity index (χ2n) is 5.68. The van der Waals surface area contributed by atoms with Gasteiger partial charge in [0, 0.05) is 23.9 Å². The Bertz CT molecular complexity index is 798. The zero-order valence-electron chi connectivity index (χ0n) is 14.6. The highest BCUT2D eigenvalue weighted by atomic mass is 19.3. The van der Waals surface area contributed by atoms with Crippen molar-refractivity contribution in [3.05, 3.63) is 63.7 Å². The molecule has 2 aromatic carbocycles. The van der Waals surface area contributed by atoms with Crippen LogP contribution in [0, 0.1) is 17.0 Å². The Morgan fingerprint density at radius 3 is 2.56 bits per heavy atom. The van der Waals surface area contributed by atoms with E-state index in [1.165, 1.54) is 18.2 Å². The molecule has 2 rings (SSSR count). The molecule has 0 spiro atoms. The summed E-state index contributed by atoms with van der Waals surface area (Å²) in [7, 11) is 0. The molecule has 0 unspecified atom stereocenters. The zero-order chi connectivity index (χ0) is 19.8. The minimum Gasteiger partial charge on any atom is -0.435 e. The summed E-state index contributed by atoms with van der Waals surface area (Å²) in [6, 6.07) is 10.8. The van der Waals surface area contributed by atoms with Gasteiger partial charge in [0.05, 0.1) is 11.5 Å². The van der Waals surface area contributed by atoms with Crippen molar-refractivity contribution in [3.8, 4) is 5.75 Å². The second kappa shape index (κ2) is 9.46. The minimum absolute atomic E-state index is 0.0142. The Labute approximate surface area is 154 Å². The summed E-state index contributed by atoms with van der Waals surface area (Å²) < 4.78 is 28.4. The maximum Gasteiger partial charge on any atom is 0.387 e. The molecule has 7 nitrogen and oxygen atoms in total. The number of ether oxygens (including phenoxy) is 1. The molecule has 0 aliphatic rings. The maximum atomic E-state index is 12.1. The van der Waals surface area contributed by atoms with Crippen LogP contribution >= 0.6 is 0 Å². The van der Waals surface area contributed by atoms with Gasteiger partial charge in [-0.1, -0.05) is 18.2 Å². The van der Waals surface area contributed by atoms with Crippen molar-refractivity contribution in [1.82, 2.24) is 5.32 Å². The number of hydrogen-bond donors (Lipinski definition) is 2. The molecule has 0 aliphatic carbocycles. The van der Waals surface area contributed by atoms with Gasteiger partial charge in [-0.2, -0.15) is 8.78 Å². The first-order valence-electron chi connectivity index (χ1n) is 8.15. The van der Waals surface area contributed by atoms with Crippen LogP contribution in [0.25, 0.3) is 0 Å². The molecule has 0 aliphatic heterocycles. The largest absolute Gasteiger partial charge is 0.435 e. The molecule has 0 atom stereocenters. The number of carbonyl (C=O) groups is 1. The van der Waals surface area contributed by atoms with Crippen LogP contribution in [0.15, 0.2) is 42.5 Å². The van der Waals surface area contributed by atoms with Gasteiger partial charge in [0.2, 0.25) is 5.91 Å². The summed E-state index contributed by atoms with van der Waals surface area (Å²) in [5, 5.41) is 16.5. The van der Waals surface area contributed by atoms with Gasteiger partial charge in [0.1, 0.15) is 5.75 Å². The fourth-order valence-corrected chi connectivity index (χ4v) is 2.43. The molecule has 0 aromatic heterocycles. The molecular formula is C18H19F2N3O4. The van der Waals surface area contributed by atoms with E-state index in [1.807, 2.05) is 0 Å². The Morgan fingerprint density at radius 1 is 1.22 bits per heavy atom. The van der Waals surface area contributed by atoms with Crippen LogP contribution in [0.4, 0.5) is 20.2 Å². The van der Waals surface area contributed by atoms with Crippen molar-refractivity contribution < 1.29 is 23.2 Å². The number of rotatable bonds is 9. The number of hydrogen-bond acceptors (Lipinski definition) is 5. The summed E-state index contributed by atoms with van der Waals surface area (Å²) in [6.45, 7) is -0.913. The third-order valence-electron chi connectivity index (χ3n) is 3.83. The lowest BCUT2D eigenvalue weighted by atomic mass is 10.1. The highest BCUT2D eigenvalue weighted by Crippen LogP contribution is 2.24. The van der Waals surface area contributed by atoms with E-state index >= 15 is 0 Å². The van der Waals surface area contributed by atoms with E-state index in [9.17, 15) is 23.7 Å². The average molecular weight is 379 g/mol. The quantitative estimate of drug-likeness (QED) is 0.515. The Morgan fingerprint density at radius 2 is 1.93 bits per heavy atom. The van der Waals surface area contributed by atoms with Gasteiger partial charge < -0.3 is 15.4 Å². The lowest BCUT2D eigenvalue weighted by Gasteiger charge is -2.10. The molecule has 0 saturated heterocycles. The lowest BCUT2D eigenvalue weighted by molar-refractivity contribution is -0.385. The fourth-order valence-electron chi connectivity index (χ4n) is 2.43. The number of nitro benzene ring substituents is 1. The maximum absolute atomic E-state index is 12.1. The molecule has 0 heterocycles. The lowest BCUT2D eigenvalue weighted by Crippen LogP contribution is -2.31. The first-order chi connectivity index (χ1) is 12.9. The van der Waals surface area contributed by atoms with Crippen LogP contribution in [0.2, 0.25) is 0 Å². The number of nitrogens with zero attached hydrogens (tertiary/aromatic N) is 1. The van der Waals surface area contributed by atoms with Crippen molar-refractivity contribution in [2.24, 2.45) is 0 Å². The number of anilines is 1. The van der Waals surface area contributed by atoms with Gasteiger partial charge in [-0.05, 0) is 37.1 Å². The highest BCUT2D eigenvalue weighted by molar-refractivity contribution is 5.81. The molecule has 0 saturated carbocycles. The Kier molecular flexibility index (Phi) is 7.04. The van der Waals surface area contributed by atoms with Crippen LogP contribution in [-0.2, 0) is 11.2 Å². The fraction of sp³-hybridized carbons (Fsp3) is 0.278. The van der Waals surface area contributed by atoms with Crippen LogP contribution < -0.4 is 15.4 Å². The summed E-state index contributed by atoms with van der Waals surface area (Å²) >= 11 is 0. The topological polar surface area (TPSA) is 93.5 Å². The Balaban J connectivity index is 1.77. The molecule has 2 N–H and O–H groups in total. The van der Waals surface area contributed by atoms with E-state index in [0.717, 1.165) is 5.56 Å².